The lowest BCUT2D eigenvalue weighted by Crippen LogP contribution is -2.41. The normalized spacial score (nSPS) is 20.0. The molecule has 4 rings (SSSR count). The molecule has 0 saturated carbocycles. The van der Waals surface area contributed by atoms with Crippen LogP contribution in [0.2, 0.25) is 0 Å². The average molecular weight is 400 g/mol. The van der Waals surface area contributed by atoms with Crippen LogP contribution < -0.4 is 14.8 Å². The van der Waals surface area contributed by atoms with E-state index < -0.39 is 0 Å². The van der Waals surface area contributed by atoms with Crippen molar-refractivity contribution in [2.75, 3.05) is 32.7 Å². The number of carbonyl (C=O) groups excluding carboxylic acids is 2. The molecule has 2 amide bonds. The molecule has 154 valence electrons. The fourth-order valence-corrected chi connectivity index (χ4v) is 3.86. The second-order valence-electron chi connectivity index (χ2n) is 7.13. The molecular weight excluding hydrogens is 376 g/mol. The van der Waals surface area contributed by atoms with Gasteiger partial charge in [-0.2, -0.15) is 5.10 Å². The van der Waals surface area contributed by atoms with Gasteiger partial charge >= 0.3 is 0 Å². The number of hydrogen-bond acceptors (Lipinski definition) is 6. The van der Waals surface area contributed by atoms with Crippen LogP contribution in [0.15, 0.2) is 30.6 Å². The monoisotopic (exact) mass is 400 g/mol. The van der Waals surface area contributed by atoms with Gasteiger partial charge in [-0.15, -0.1) is 0 Å². The Bertz CT molecular complexity index is 899. The summed E-state index contributed by atoms with van der Waals surface area (Å²) in [7, 11) is 3.00. The van der Waals surface area contributed by atoms with Gasteiger partial charge in [0.1, 0.15) is 0 Å². The summed E-state index contributed by atoms with van der Waals surface area (Å²) in [5.41, 5.74) is 0.846. The van der Waals surface area contributed by atoms with Gasteiger partial charge in [0.15, 0.2) is 11.5 Å². The highest BCUT2D eigenvalue weighted by Crippen LogP contribution is 2.38. The Labute approximate surface area is 168 Å². The summed E-state index contributed by atoms with van der Waals surface area (Å²) in [6.45, 7) is 1.61. The maximum atomic E-state index is 13.1. The van der Waals surface area contributed by atoms with E-state index in [1.807, 2.05) is 4.90 Å². The molecule has 0 unspecified atom stereocenters. The molecule has 2 aromatic rings. The van der Waals surface area contributed by atoms with Gasteiger partial charge < -0.3 is 24.4 Å². The number of nitrogens with one attached hydrogen (secondary N) is 1. The van der Waals surface area contributed by atoms with Crippen molar-refractivity contribution in [1.82, 2.24) is 14.7 Å². The standard InChI is InChI=1S/C20H24N4O5/c1-27-17-9-13(20(26)24-11-15-10-14(24)12-29-15)8-16(19(17)28-2)22-18(25)4-7-23-6-3-5-21-23/h3,5-6,8-9,14-15H,4,7,10-12H2,1-2H3,(H,22,25)/t14-,15-/m1/s1. The third-order valence-corrected chi connectivity index (χ3v) is 5.29. The lowest BCUT2D eigenvalue weighted by molar-refractivity contribution is -0.116. The molecule has 2 atom stereocenters. The fraction of sp³-hybridized carbons (Fsp3) is 0.450. The molecule has 2 aliphatic heterocycles. The molecule has 0 radical (unpaired) electrons. The maximum absolute atomic E-state index is 13.1. The number of carbonyl (C=O) groups is 2. The highest BCUT2D eigenvalue weighted by atomic mass is 16.5. The second-order valence-corrected chi connectivity index (χ2v) is 7.13. The number of amides is 2. The van der Waals surface area contributed by atoms with Crippen LogP contribution in [-0.4, -0.2) is 66.0 Å². The van der Waals surface area contributed by atoms with Crippen molar-refractivity contribution in [2.24, 2.45) is 0 Å². The number of likely N-dealkylation sites (tertiary alicyclic amines) is 1. The first-order chi connectivity index (χ1) is 14.1. The smallest absolute Gasteiger partial charge is 0.254 e. The van der Waals surface area contributed by atoms with E-state index >= 15 is 0 Å². The molecule has 9 heteroatoms. The molecule has 2 saturated heterocycles. The lowest BCUT2D eigenvalue weighted by atomic mass is 10.1. The van der Waals surface area contributed by atoms with E-state index in [0.29, 0.717) is 42.4 Å². The molecule has 29 heavy (non-hydrogen) atoms. The van der Waals surface area contributed by atoms with Crippen LogP contribution in [0, 0.1) is 0 Å². The highest BCUT2D eigenvalue weighted by Gasteiger charge is 2.41. The predicted octanol–water partition coefficient (Wildman–Crippen LogP) is 1.54. The summed E-state index contributed by atoms with van der Waals surface area (Å²) in [5, 5.41) is 6.93. The number of methoxy groups -OCH3 is 2. The van der Waals surface area contributed by atoms with Gasteiger partial charge in [-0.25, -0.2) is 0 Å². The van der Waals surface area contributed by atoms with Gasteiger partial charge in [-0.3, -0.25) is 14.3 Å². The number of benzene rings is 1. The van der Waals surface area contributed by atoms with Crippen molar-refractivity contribution in [1.29, 1.82) is 0 Å². The van der Waals surface area contributed by atoms with Crippen molar-refractivity contribution in [3.05, 3.63) is 36.2 Å². The van der Waals surface area contributed by atoms with Crippen LogP contribution in [0.3, 0.4) is 0 Å². The van der Waals surface area contributed by atoms with Gasteiger partial charge in [0.05, 0.1) is 38.7 Å². The number of nitrogens with zero attached hydrogens (tertiary/aromatic N) is 3. The topological polar surface area (TPSA) is 94.9 Å². The first kappa shape index (κ1) is 19.3. The number of aryl methyl sites for hydroxylation is 1. The minimum Gasteiger partial charge on any atom is -0.493 e. The molecular formula is C20H24N4O5. The predicted molar refractivity (Wildman–Crippen MR) is 104 cm³/mol. The SMILES string of the molecule is COc1cc(C(=O)N2C[C@H]3C[C@@H]2CO3)cc(NC(=O)CCn2cccn2)c1OC. The van der Waals surface area contributed by atoms with Crippen LogP contribution in [0.25, 0.3) is 0 Å². The third kappa shape index (κ3) is 3.91. The van der Waals surface area contributed by atoms with E-state index in [1.165, 1.54) is 14.2 Å². The zero-order valence-electron chi connectivity index (χ0n) is 16.5. The van der Waals surface area contributed by atoms with E-state index in [-0.39, 0.29) is 30.4 Å². The number of anilines is 1. The molecule has 2 aliphatic rings. The fourth-order valence-electron chi connectivity index (χ4n) is 3.86. The quantitative estimate of drug-likeness (QED) is 0.758. The number of aromatic nitrogens is 2. The summed E-state index contributed by atoms with van der Waals surface area (Å²) < 4.78 is 18.1. The zero-order chi connectivity index (χ0) is 20.4. The van der Waals surface area contributed by atoms with Crippen LogP contribution in [0.4, 0.5) is 5.69 Å². The van der Waals surface area contributed by atoms with Crippen molar-refractivity contribution >= 4 is 17.5 Å². The minimum atomic E-state index is -0.209. The molecule has 2 fully saturated rings. The summed E-state index contributed by atoms with van der Waals surface area (Å²) >= 11 is 0. The number of morpholine rings is 1. The summed E-state index contributed by atoms with van der Waals surface area (Å²) in [6.07, 6.45) is 4.68. The van der Waals surface area contributed by atoms with E-state index in [4.69, 9.17) is 14.2 Å². The number of hydrogen-bond donors (Lipinski definition) is 1. The summed E-state index contributed by atoms with van der Waals surface area (Å²) in [5.74, 6) is 0.456. The molecule has 1 N–H and O–H groups in total. The molecule has 1 aromatic heterocycles. The Kier molecular flexibility index (Phi) is 5.39. The Morgan fingerprint density at radius 1 is 1.31 bits per heavy atom. The van der Waals surface area contributed by atoms with Gasteiger partial charge in [-0.05, 0) is 24.6 Å². The van der Waals surface area contributed by atoms with E-state index in [1.54, 1.807) is 35.3 Å². The first-order valence-electron chi connectivity index (χ1n) is 9.55. The molecule has 0 aliphatic carbocycles. The van der Waals surface area contributed by atoms with Crippen molar-refractivity contribution in [2.45, 2.75) is 31.5 Å². The minimum absolute atomic E-state index is 0.103. The lowest BCUT2D eigenvalue weighted by Gasteiger charge is -2.27. The second kappa shape index (κ2) is 8.12. The maximum Gasteiger partial charge on any atom is 0.254 e. The number of fused-ring (bicyclic) bond motifs is 2. The summed E-state index contributed by atoms with van der Waals surface area (Å²) in [4.78, 5) is 27.4. The first-order valence-corrected chi connectivity index (χ1v) is 9.55. The van der Waals surface area contributed by atoms with Gasteiger partial charge in [0, 0.05) is 37.5 Å². The van der Waals surface area contributed by atoms with Crippen molar-refractivity contribution < 1.29 is 23.8 Å². The molecule has 2 bridgehead atoms. The van der Waals surface area contributed by atoms with E-state index in [0.717, 1.165) is 6.42 Å². The largest absolute Gasteiger partial charge is 0.493 e. The van der Waals surface area contributed by atoms with Crippen LogP contribution >= 0.6 is 0 Å². The molecule has 0 spiro atoms. The van der Waals surface area contributed by atoms with E-state index in [2.05, 4.69) is 10.4 Å². The van der Waals surface area contributed by atoms with Crippen LogP contribution in [-0.2, 0) is 16.1 Å². The van der Waals surface area contributed by atoms with Crippen molar-refractivity contribution in [3.8, 4) is 11.5 Å². The summed E-state index contributed by atoms with van der Waals surface area (Å²) in [6, 6.07) is 5.19. The molecule has 3 heterocycles. The molecule has 1 aromatic carbocycles. The number of rotatable bonds is 7. The van der Waals surface area contributed by atoms with Crippen molar-refractivity contribution in [3.63, 3.8) is 0 Å². The Morgan fingerprint density at radius 2 is 2.17 bits per heavy atom. The van der Waals surface area contributed by atoms with Gasteiger partial charge in [0.2, 0.25) is 5.91 Å². The van der Waals surface area contributed by atoms with Crippen LogP contribution in [0.5, 0.6) is 11.5 Å². The Hall–Kier alpha value is -3.07. The van der Waals surface area contributed by atoms with Gasteiger partial charge in [-0.1, -0.05) is 0 Å². The average Bonchev–Trinajstić information content (AvgIpc) is 3.49. The van der Waals surface area contributed by atoms with Gasteiger partial charge in [0.25, 0.3) is 5.91 Å². The highest BCUT2D eigenvalue weighted by molar-refractivity contribution is 5.99. The Balaban J connectivity index is 1.54. The Morgan fingerprint density at radius 3 is 2.79 bits per heavy atom. The zero-order valence-corrected chi connectivity index (χ0v) is 16.5. The molecule has 9 nitrogen and oxygen atoms in total. The van der Waals surface area contributed by atoms with E-state index in [9.17, 15) is 9.59 Å². The third-order valence-electron chi connectivity index (χ3n) is 5.29. The number of ether oxygens (including phenoxy) is 3. The van der Waals surface area contributed by atoms with Crippen LogP contribution in [0.1, 0.15) is 23.2 Å².